The van der Waals surface area contributed by atoms with E-state index in [1.807, 2.05) is 0 Å². The van der Waals surface area contributed by atoms with E-state index in [1.54, 1.807) is 12.1 Å². The molecule has 0 aliphatic carbocycles. The van der Waals surface area contributed by atoms with E-state index < -0.39 is 48.3 Å². The van der Waals surface area contributed by atoms with Crippen molar-refractivity contribution in [3.05, 3.63) is 68.8 Å². The van der Waals surface area contributed by atoms with Gasteiger partial charge in [-0.1, -0.05) is 31.9 Å². The van der Waals surface area contributed by atoms with Gasteiger partial charge in [0.15, 0.2) is 0 Å². The van der Waals surface area contributed by atoms with Crippen LogP contribution in [0.1, 0.15) is 6.42 Å². The van der Waals surface area contributed by atoms with Gasteiger partial charge in [0, 0.05) is 8.95 Å². The highest BCUT2D eigenvalue weighted by molar-refractivity contribution is 9.10. The van der Waals surface area contributed by atoms with Crippen LogP contribution >= 0.6 is 31.9 Å². The second kappa shape index (κ2) is 9.34. The Hall–Kier alpha value is -2.21. The number of hydrogen-bond acceptors (Lipinski definition) is 4. The number of Topliss-reactive ketones (excluding diaryl/α,β-unsaturated/α-hetero) is 1. The summed E-state index contributed by atoms with van der Waals surface area (Å²) in [6.07, 6.45) is -15.2. The Morgan fingerprint density at radius 3 is 1.75 bits per heavy atom. The molecular weight excluding hydrogens is 578 g/mol. The number of allylic oxidation sites excluding steroid dienone is 1. The van der Waals surface area contributed by atoms with Crippen molar-refractivity contribution in [3.63, 3.8) is 0 Å². The van der Waals surface area contributed by atoms with Crippen molar-refractivity contribution in [2.45, 2.75) is 31.2 Å². The first-order chi connectivity index (χ1) is 14.8. The van der Waals surface area contributed by atoms with Crippen molar-refractivity contribution in [2.24, 2.45) is 0 Å². The summed E-state index contributed by atoms with van der Waals surface area (Å²) in [7, 11) is 0. The van der Waals surface area contributed by atoms with Crippen LogP contribution in [-0.2, 0) is 9.53 Å². The minimum atomic E-state index is -5.57. The average molecular weight is 590 g/mol. The molecule has 0 radical (unpaired) electrons. The van der Waals surface area contributed by atoms with Crippen molar-refractivity contribution < 1.29 is 45.3 Å². The Morgan fingerprint density at radius 2 is 1.31 bits per heavy atom. The van der Waals surface area contributed by atoms with Crippen LogP contribution < -0.4 is 9.47 Å². The second-order valence-corrected chi connectivity index (χ2v) is 8.31. The molecule has 3 rings (SSSR count). The lowest BCUT2D eigenvalue weighted by Crippen LogP contribution is -2.44. The van der Waals surface area contributed by atoms with Gasteiger partial charge in [0.25, 0.3) is 5.78 Å². The van der Waals surface area contributed by atoms with E-state index in [-0.39, 0.29) is 11.5 Å². The summed E-state index contributed by atoms with van der Waals surface area (Å²) < 4.78 is 97.1. The van der Waals surface area contributed by atoms with Crippen molar-refractivity contribution in [1.29, 1.82) is 0 Å². The lowest BCUT2D eigenvalue weighted by atomic mass is 9.97. The fourth-order valence-electron chi connectivity index (χ4n) is 2.83. The summed E-state index contributed by atoms with van der Waals surface area (Å²) >= 11 is 6.35. The van der Waals surface area contributed by atoms with E-state index >= 15 is 0 Å². The summed E-state index contributed by atoms with van der Waals surface area (Å²) in [5.41, 5.74) is -1.66. The molecule has 12 heteroatoms. The third kappa shape index (κ3) is 5.97. The Kier molecular flexibility index (Phi) is 7.13. The molecule has 4 nitrogen and oxygen atoms in total. The topological polar surface area (TPSA) is 44.8 Å². The number of carbonyl (C=O) groups excluding carboxylic acids is 1. The summed E-state index contributed by atoms with van der Waals surface area (Å²) in [6, 6.07) is 11.5. The zero-order chi connectivity index (χ0) is 23.7. The highest BCUT2D eigenvalue weighted by Gasteiger charge is 2.54. The largest absolute Gasteiger partial charge is 0.485 e. The second-order valence-electron chi connectivity index (χ2n) is 6.48. The molecule has 0 N–H and O–H groups in total. The van der Waals surface area contributed by atoms with E-state index in [1.165, 1.54) is 36.4 Å². The molecule has 2 aromatic carbocycles. The predicted octanol–water partition coefficient (Wildman–Crippen LogP) is 6.73. The lowest BCUT2D eigenvalue weighted by molar-refractivity contribution is -0.188. The number of rotatable bonds is 5. The molecule has 2 unspecified atom stereocenters. The van der Waals surface area contributed by atoms with Gasteiger partial charge < -0.3 is 14.2 Å². The fraction of sp³-hybridized carbons (Fsp3) is 0.250. The van der Waals surface area contributed by atoms with E-state index in [0.717, 1.165) is 0 Å². The normalized spacial score (nSPS) is 19.4. The Balaban J connectivity index is 2.03. The molecule has 2 aromatic rings. The first-order valence-electron chi connectivity index (χ1n) is 8.78. The van der Waals surface area contributed by atoms with Crippen LogP contribution in [0.3, 0.4) is 0 Å². The Labute approximate surface area is 194 Å². The molecule has 0 saturated carbocycles. The summed E-state index contributed by atoms with van der Waals surface area (Å²) in [5.74, 6) is -4.74. The molecule has 2 atom stereocenters. The number of hydrogen-bond donors (Lipinski definition) is 0. The monoisotopic (exact) mass is 588 g/mol. The van der Waals surface area contributed by atoms with Gasteiger partial charge in [0.05, 0.1) is 12.0 Å². The average Bonchev–Trinajstić information content (AvgIpc) is 2.69. The van der Waals surface area contributed by atoms with Crippen molar-refractivity contribution in [2.75, 3.05) is 0 Å². The highest BCUT2D eigenvalue weighted by atomic mass is 79.9. The summed E-state index contributed by atoms with van der Waals surface area (Å²) in [5, 5.41) is 0. The predicted molar refractivity (Wildman–Crippen MR) is 107 cm³/mol. The maximum absolute atomic E-state index is 13.6. The molecule has 1 heterocycles. The van der Waals surface area contributed by atoms with E-state index in [4.69, 9.17) is 14.2 Å². The van der Waals surface area contributed by atoms with Gasteiger partial charge in [-0.3, -0.25) is 4.79 Å². The van der Waals surface area contributed by atoms with Crippen LogP contribution in [0, 0.1) is 0 Å². The zero-order valence-electron chi connectivity index (χ0n) is 15.6. The smallest absolute Gasteiger partial charge is 0.454 e. The van der Waals surface area contributed by atoms with Gasteiger partial charge in [0.2, 0.25) is 12.0 Å². The van der Waals surface area contributed by atoms with E-state index in [2.05, 4.69) is 31.9 Å². The molecule has 0 amide bonds. The third-order valence-corrected chi connectivity index (χ3v) is 5.21. The van der Waals surface area contributed by atoms with Crippen LogP contribution in [-0.4, -0.2) is 30.5 Å². The first-order valence-corrected chi connectivity index (χ1v) is 10.4. The lowest BCUT2D eigenvalue weighted by Gasteiger charge is -2.34. The van der Waals surface area contributed by atoms with Crippen LogP contribution in [0.5, 0.6) is 11.5 Å². The minimum absolute atomic E-state index is 0.0449. The minimum Gasteiger partial charge on any atom is -0.485 e. The quantitative estimate of drug-likeness (QED) is 0.363. The van der Waals surface area contributed by atoms with Crippen molar-refractivity contribution >= 4 is 37.6 Å². The number of carbonyl (C=O) groups is 1. The third-order valence-electron chi connectivity index (χ3n) is 4.16. The highest BCUT2D eigenvalue weighted by Crippen LogP contribution is 2.41. The van der Waals surface area contributed by atoms with Gasteiger partial charge in [-0.2, -0.15) is 26.3 Å². The maximum Gasteiger partial charge on any atom is 0.454 e. The summed E-state index contributed by atoms with van der Waals surface area (Å²) in [6.45, 7) is 0. The van der Waals surface area contributed by atoms with Crippen molar-refractivity contribution in [1.82, 2.24) is 0 Å². The first kappa shape index (κ1) is 24.4. The molecule has 0 spiro atoms. The number of alkyl halides is 6. The van der Waals surface area contributed by atoms with Crippen molar-refractivity contribution in [3.8, 4) is 11.5 Å². The van der Waals surface area contributed by atoms with Gasteiger partial charge in [0.1, 0.15) is 17.6 Å². The molecule has 0 bridgehead atoms. The Morgan fingerprint density at radius 1 is 0.844 bits per heavy atom. The van der Waals surface area contributed by atoms with Crippen LogP contribution in [0.2, 0.25) is 0 Å². The van der Waals surface area contributed by atoms with Crippen LogP contribution in [0.15, 0.2) is 68.8 Å². The number of ketones is 1. The number of ether oxygens (including phenoxy) is 3. The maximum atomic E-state index is 13.6. The number of benzene rings is 2. The standard InChI is InChI=1S/C20H12Br2F6O4/c21-10-1-5-12(6-2-10)30-14-9-15(31-13-7-3-11(22)4-8-13)32-18(20(26,27)28)16(14)17(29)19(23,24)25/h1-8,14-15H,9H2. The van der Waals surface area contributed by atoms with Gasteiger partial charge in [-0.25, -0.2) is 0 Å². The molecule has 1 aliphatic rings. The number of halogens is 8. The SMILES string of the molecule is O=C(C1=C(C(F)(F)F)OC(Oc2ccc(Br)cc2)CC1Oc1ccc(Br)cc1)C(F)(F)F. The van der Waals surface area contributed by atoms with E-state index in [9.17, 15) is 31.1 Å². The van der Waals surface area contributed by atoms with Gasteiger partial charge in [-0.15, -0.1) is 0 Å². The Bertz CT molecular complexity index is 1000. The van der Waals surface area contributed by atoms with Crippen LogP contribution in [0.25, 0.3) is 0 Å². The molecule has 32 heavy (non-hydrogen) atoms. The van der Waals surface area contributed by atoms with E-state index in [0.29, 0.717) is 8.95 Å². The molecule has 0 saturated heterocycles. The molecule has 0 aromatic heterocycles. The van der Waals surface area contributed by atoms with Gasteiger partial charge >= 0.3 is 12.4 Å². The summed E-state index contributed by atoms with van der Waals surface area (Å²) in [4.78, 5) is 11.9. The van der Waals surface area contributed by atoms with Gasteiger partial charge in [-0.05, 0) is 48.5 Å². The van der Waals surface area contributed by atoms with Crippen LogP contribution in [0.4, 0.5) is 26.3 Å². The molecular formula is C20H12Br2F6O4. The molecule has 0 fully saturated rings. The fourth-order valence-corrected chi connectivity index (χ4v) is 3.35. The molecule has 1 aliphatic heterocycles. The zero-order valence-corrected chi connectivity index (χ0v) is 18.8. The molecule has 172 valence electrons.